The molecule has 0 bridgehead atoms. The lowest BCUT2D eigenvalue weighted by Crippen LogP contribution is -2.47. The fraction of sp³-hybridized carbons (Fsp3) is 0.364. The Bertz CT molecular complexity index is 482. The molecule has 1 rings (SSSR count). The van der Waals surface area contributed by atoms with Crippen molar-refractivity contribution in [1.82, 2.24) is 16.0 Å². The third kappa shape index (κ3) is 4.34. The number of likely N-dealkylation sites (N-methyl/N-ethyl adjacent to an activating group) is 1. The van der Waals surface area contributed by atoms with Crippen LogP contribution in [0.15, 0.2) is 16.5 Å². The largest absolute Gasteiger partial charge is 0.475 e. The van der Waals surface area contributed by atoms with E-state index in [2.05, 4.69) is 16.0 Å². The predicted molar refractivity (Wildman–Crippen MR) is 64.6 cm³/mol. The highest BCUT2D eigenvalue weighted by Crippen LogP contribution is 2.07. The van der Waals surface area contributed by atoms with Gasteiger partial charge in [0.25, 0.3) is 0 Å². The maximum atomic E-state index is 11.4. The first-order chi connectivity index (χ1) is 8.93. The number of urea groups is 1. The first-order valence-electron chi connectivity index (χ1n) is 5.52. The van der Waals surface area contributed by atoms with E-state index in [1.165, 1.54) is 26.1 Å². The number of carboxylic acids is 1. The summed E-state index contributed by atoms with van der Waals surface area (Å²) in [5.74, 6) is -1.39. The van der Waals surface area contributed by atoms with E-state index in [9.17, 15) is 14.4 Å². The van der Waals surface area contributed by atoms with Crippen LogP contribution in [-0.2, 0) is 11.3 Å². The standard InChI is InChI=1S/C11H15N3O5/c1-6(9(15)12-2)14-11(18)13-5-7-3-4-8(19-7)10(16)17/h3-4,6H,5H2,1-2H3,(H,12,15)(H,16,17)(H2,13,14,18). The molecule has 1 aromatic rings. The van der Waals surface area contributed by atoms with Gasteiger partial charge in [-0.2, -0.15) is 0 Å². The highest BCUT2D eigenvalue weighted by molar-refractivity contribution is 5.86. The number of carbonyl (C=O) groups is 3. The predicted octanol–water partition coefficient (Wildman–Crippen LogP) is -0.0885. The van der Waals surface area contributed by atoms with Crippen molar-refractivity contribution in [2.75, 3.05) is 7.05 Å². The summed E-state index contributed by atoms with van der Waals surface area (Å²) in [5, 5.41) is 15.9. The molecule has 1 aromatic heterocycles. The number of carbonyl (C=O) groups excluding carboxylic acids is 2. The molecule has 0 fully saturated rings. The summed E-state index contributed by atoms with van der Waals surface area (Å²) in [4.78, 5) is 33.2. The maximum absolute atomic E-state index is 11.4. The second-order valence-electron chi connectivity index (χ2n) is 3.73. The topological polar surface area (TPSA) is 121 Å². The van der Waals surface area contributed by atoms with E-state index < -0.39 is 18.0 Å². The summed E-state index contributed by atoms with van der Waals surface area (Å²) in [7, 11) is 1.47. The first-order valence-corrected chi connectivity index (χ1v) is 5.52. The molecule has 0 spiro atoms. The number of nitrogens with one attached hydrogen (secondary N) is 3. The Morgan fingerprint density at radius 1 is 1.37 bits per heavy atom. The van der Waals surface area contributed by atoms with Crippen LogP contribution < -0.4 is 16.0 Å². The van der Waals surface area contributed by atoms with Crippen LogP contribution in [0.3, 0.4) is 0 Å². The van der Waals surface area contributed by atoms with Crippen LogP contribution in [0.4, 0.5) is 4.79 Å². The number of hydrogen-bond donors (Lipinski definition) is 4. The molecule has 0 saturated carbocycles. The van der Waals surface area contributed by atoms with E-state index in [4.69, 9.17) is 9.52 Å². The van der Waals surface area contributed by atoms with Gasteiger partial charge in [0.05, 0.1) is 6.54 Å². The second kappa shape index (κ2) is 6.43. The van der Waals surface area contributed by atoms with E-state index in [1.807, 2.05) is 0 Å². The molecule has 0 aliphatic carbocycles. The van der Waals surface area contributed by atoms with Gasteiger partial charge in [-0.25, -0.2) is 9.59 Å². The van der Waals surface area contributed by atoms with Crippen molar-refractivity contribution in [3.05, 3.63) is 23.7 Å². The molecule has 8 heteroatoms. The van der Waals surface area contributed by atoms with Crippen LogP contribution in [-0.4, -0.2) is 36.1 Å². The molecule has 4 N–H and O–H groups in total. The van der Waals surface area contributed by atoms with E-state index in [0.717, 1.165) is 0 Å². The van der Waals surface area contributed by atoms with Crippen molar-refractivity contribution < 1.29 is 23.9 Å². The molecule has 3 amide bonds. The highest BCUT2D eigenvalue weighted by atomic mass is 16.4. The second-order valence-corrected chi connectivity index (χ2v) is 3.73. The zero-order chi connectivity index (χ0) is 14.4. The zero-order valence-corrected chi connectivity index (χ0v) is 10.5. The number of hydrogen-bond acceptors (Lipinski definition) is 4. The number of amides is 3. The average Bonchev–Trinajstić information content (AvgIpc) is 2.84. The summed E-state index contributed by atoms with van der Waals surface area (Å²) in [6.45, 7) is 1.56. The molecule has 0 saturated heterocycles. The van der Waals surface area contributed by atoms with Crippen molar-refractivity contribution in [3.63, 3.8) is 0 Å². The first kappa shape index (κ1) is 14.6. The number of rotatable bonds is 5. The van der Waals surface area contributed by atoms with Gasteiger partial charge >= 0.3 is 12.0 Å². The van der Waals surface area contributed by atoms with Crippen LogP contribution >= 0.6 is 0 Å². The Labute approximate surface area is 109 Å². The van der Waals surface area contributed by atoms with E-state index >= 15 is 0 Å². The summed E-state index contributed by atoms with van der Waals surface area (Å²) < 4.78 is 4.95. The van der Waals surface area contributed by atoms with Crippen molar-refractivity contribution in [1.29, 1.82) is 0 Å². The summed E-state index contributed by atoms with van der Waals surface area (Å²) in [6, 6.07) is 1.52. The Balaban J connectivity index is 2.41. The SMILES string of the molecule is CNC(=O)C(C)NC(=O)NCc1ccc(C(=O)O)o1. The molecule has 0 aromatic carbocycles. The molecule has 1 unspecified atom stereocenters. The molecule has 1 heterocycles. The quantitative estimate of drug-likeness (QED) is 0.595. The molecule has 8 nitrogen and oxygen atoms in total. The lowest BCUT2D eigenvalue weighted by Gasteiger charge is -2.12. The van der Waals surface area contributed by atoms with E-state index in [-0.39, 0.29) is 18.2 Å². The minimum atomic E-state index is -1.18. The van der Waals surface area contributed by atoms with Crippen LogP contribution in [0, 0.1) is 0 Å². The molecule has 19 heavy (non-hydrogen) atoms. The maximum Gasteiger partial charge on any atom is 0.371 e. The smallest absolute Gasteiger partial charge is 0.371 e. The molecular weight excluding hydrogens is 254 g/mol. The van der Waals surface area contributed by atoms with Gasteiger partial charge in [0.2, 0.25) is 11.7 Å². The van der Waals surface area contributed by atoms with Gasteiger partial charge in [0, 0.05) is 7.05 Å². The van der Waals surface area contributed by atoms with Crippen LogP contribution in [0.5, 0.6) is 0 Å². The Kier molecular flexibility index (Phi) is 4.92. The third-order valence-electron chi connectivity index (χ3n) is 2.28. The molecule has 0 radical (unpaired) electrons. The van der Waals surface area contributed by atoms with Gasteiger partial charge in [0.15, 0.2) is 0 Å². The lowest BCUT2D eigenvalue weighted by atomic mass is 10.3. The molecule has 0 aliphatic rings. The summed E-state index contributed by atoms with van der Waals surface area (Å²) in [6.07, 6.45) is 0. The van der Waals surface area contributed by atoms with Gasteiger partial charge < -0.3 is 25.5 Å². The highest BCUT2D eigenvalue weighted by Gasteiger charge is 2.14. The minimum Gasteiger partial charge on any atom is -0.475 e. The summed E-state index contributed by atoms with van der Waals surface area (Å²) in [5.41, 5.74) is 0. The van der Waals surface area contributed by atoms with E-state index in [0.29, 0.717) is 5.76 Å². The Hall–Kier alpha value is -2.51. The fourth-order valence-corrected chi connectivity index (χ4v) is 1.28. The fourth-order valence-electron chi connectivity index (χ4n) is 1.28. The van der Waals surface area contributed by atoms with Gasteiger partial charge in [-0.05, 0) is 19.1 Å². The van der Waals surface area contributed by atoms with E-state index in [1.54, 1.807) is 0 Å². The van der Waals surface area contributed by atoms with Crippen LogP contribution in [0.25, 0.3) is 0 Å². The van der Waals surface area contributed by atoms with Gasteiger partial charge in [-0.1, -0.05) is 0 Å². The third-order valence-corrected chi connectivity index (χ3v) is 2.28. The van der Waals surface area contributed by atoms with Crippen LogP contribution in [0.2, 0.25) is 0 Å². The minimum absolute atomic E-state index is 0.0274. The average molecular weight is 269 g/mol. The van der Waals surface area contributed by atoms with Gasteiger partial charge in [-0.3, -0.25) is 4.79 Å². The Morgan fingerprint density at radius 2 is 2.05 bits per heavy atom. The number of carboxylic acid groups (broad SMARTS) is 1. The number of aromatic carboxylic acids is 1. The Morgan fingerprint density at radius 3 is 2.58 bits per heavy atom. The zero-order valence-electron chi connectivity index (χ0n) is 10.5. The molecule has 104 valence electrons. The number of furan rings is 1. The monoisotopic (exact) mass is 269 g/mol. The molecule has 0 aliphatic heterocycles. The molecule has 1 atom stereocenters. The molecular formula is C11H15N3O5. The van der Waals surface area contributed by atoms with Crippen LogP contribution in [0.1, 0.15) is 23.2 Å². The van der Waals surface area contributed by atoms with Crippen molar-refractivity contribution >= 4 is 17.9 Å². The summed E-state index contributed by atoms with van der Waals surface area (Å²) >= 11 is 0. The lowest BCUT2D eigenvalue weighted by molar-refractivity contribution is -0.122. The normalized spacial score (nSPS) is 11.5. The van der Waals surface area contributed by atoms with Crippen molar-refractivity contribution in [3.8, 4) is 0 Å². The van der Waals surface area contributed by atoms with Gasteiger partial charge in [0.1, 0.15) is 11.8 Å². The van der Waals surface area contributed by atoms with Crippen molar-refractivity contribution in [2.24, 2.45) is 0 Å². The van der Waals surface area contributed by atoms with Gasteiger partial charge in [-0.15, -0.1) is 0 Å². The van der Waals surface area contributed by atoms with Crippen molar-refractivity contribution in [2.45, 2.75) is 19.5 Å².